The Labute approximate surface area is 661 Å². The number of likely N-dealkylation sites (N-methyl/N-ethyl adjacent to an activating group) is 1. The van der Waals surface area contributed by atoms with Gasteiger partial charge >= 0.3 is 0 Å². The van der Waals surface area contributed by atoms with Crippen molar-refractivity contribution in [2.45, 2.75) is 89.9 Å². The molecule has 20 nitrogen and oxygen atoms in total. The van der Waals surface area contributed by atoms with Crippen LogP contribution in [0.3, 0.4) is 0 Å². The first kappa shape index (κ1) is 77.8. The van der Waals surface area contributed by atoms with Crippen molar-refractivity contribution in [1.29, 1.82) is 0 Å². The SMILES string of the molecule is CN1CCN(C(=O)c2ccc(CC(=O)c3cc4c(nn3)CCCN4Cc3cc(Cl)ccc3Cl)cc2)CC1.COc1cc(N2CCC(N(C)C)CC2)ccc1Nc1cc2c(nn1)CCCN2Cc1c(Cl)ccc(F)c1Cl.C[C@H](c1cc(Cl)ccc1Cl)N1CCCc2nnc(Nc3cccc(N4CCOCC4)c3)cc21. The number of halogens is 7. The average molecular weight is 1580 g/mol. The number of piperidine rings is 1. The first-order valence-electron chi connectivity index (χ1n) is 36.8. The Morgan fingerprint density at radius 1 is 0.602 bits per heavy atom. The fourth-order valence-corrected chi connectivity index (χ4v) is 16.0. The van der Waals surface area contributed by atoms with E-state index < -0.39 is 5.82 Å². The maximum Gasteiger partial charge on any atom is 0.253 e. The van der Waals surface area contributed by atoms with Gasteiger partial charge in [0.15, 0.2) is 17.4 Å². The summed E-state index contributed by atoms with van der Waals surface area (Å²) in [4.78, 5) is 43.7. The number of piperazine rings is 1. The molecule has 0 unspecified atom stereocenters. The zero-order valence-electron chi connectivity index (χ0n) is 61.4. The van der Waals surface area contributed by atoms with E-state index in [0.717, 1.165) is 221 Å². The molecule has 15 rings (SSSR count). The maximum absolute atomic E-state index is 14.1. The lowest BCUT2D eigenvalue weighted by Crippen LogP contribution is -2.47. The lowest BCUT2D eigenvalue weighted by atomic mass is 10.0. The van der Waals surface area contributed by atoms with Crippen LogP contribution < -0.4 is 39.9 Å². The van der Waals surface area contributed by atoms with Crippen molar-refractivity contribution in [3.8, 4) is 5.75 Å². The highest BCUT2D eigenvalue weighted by molar-refractivity contribution is 6.36. The van der Waals surface area contributed by atoms with Crippen LogP contribution in [0, 0.1) is 5.82 Å². The number of Topliss-reactive ketones (excluding diaryl/α,β-unsaturated/α-hetero) is 1. The number of hydrogen-bond acceptors (Lipinski definition) is 19. The van der Waals surface area contributed by atoms with Crippen LogP contribution in [0.1, 0.15) is 105 Å². The van der Waals surface area contributed by atoms with E-state index in [4.69, 9.17) is 79.1 Å². The van der Waals surface area contributed by atoms with Crippen LogP contribution in [0.2, 0.25) is 30.1 Å². The van der Waals surface area contributed by atoms with E-state index >= 15 is 0 Å². The number of aromatic nitrogens is 6. The predicted octanol–water partition coefficient (Wildman–Crippen LogP) is 16.6. The van der Waals surface area contributed by atoms with E-state index in [1.165, 1.54) is 11.8 Å². The summed E-state index contributed by atoms with van der Waals surface area (Å²) in [6.07, 6.45) is 7.93. The summed E-state index contributed by atoms with van der Waals surface area (Å²) in [6.45, 7) is 14.2. The van der Waals surface area contributed by atoms with Crippen molar-refractivity contribution in [1.82, 2.24) is 45.3 Å². The molecule has 2 N–H and O–H groups in total. The Morgan fingerprint density at radius 2 is 1.21 bits per heavy atom. The molecule has 0 bridgehead atoms. The second kappa shape index (κ2) is 36.0. The van der Waals surface area contributed by atoms with Gasteiger partial charge in [-0.1, -0.05) is 87.8 Å². The Morgan fingerprint density at radius 3 is 1.92 bits per heavy atom. The molecule has 1 amide bonds. The van der Waals surface area contributed by atoms with Crippen LogP contribution in [0.5, 0.6) is 5.75 Å². The summed E-state index contributed by atoms with van der Waals surface area (Å²) in [6, 6.07) is 42.4. The molecule has 108 heavy (non-hydrogen) atoms. The van der Waals surface area contributed by atoms with Gasteiger partial charge in [0.25, 0.3) is 5.91 Å². The third-order valence-electron chi connectivity index (χ3n) is 20.9. The summed E-state index contributed by atoms with van der Waals surface area (Å²) in [5.41, 5.74) is 14.2. The lowest BCUT2D eigenvalue weighted by Gasteiger charge is -2.36. The molecule has 0 aliphatic carbocycles. The molecular weight excluding hydrogens is 1490 g/mol. The summed E-state index contributed by atoms with van der Waals surface area (Å²) in [7, 11) is 8.04. The zero-order valence-corrected chi connectivity index (χ0v) is 65.9. The number of nitrogens with one attached hydrogen (secondary N) is 2. The summed E-state index contributed by atoms with van der Waals surface area (Å²) < 4.78 is 25.3. The first-order chi connectivity index (χ1) is 52.3. The number of rotatable bonds is 18. The Balaban J connectivity index is 0.000000143. The van der Waals surface area contributed by atoms with Gasteiger partial charge in [0.05, 0.1) is 71.2 Å². The number of carbonyl (C=O) groups is 2. The maximum atomic E-state index is 14.1. The Hall–Kier alpha value is -8.35. The Bertz CT molecular complexity index is 4660. The number of anilines is 9. The summed E-state index contributed by atoms with van der Waals surface area (Å²) in [5.74, 6) is 1.52. The standard InChI is InChI=1S/C28H33Cl2FN6O.C28H29Cl2N5O2.C25H27Cl2N5O/c1-35(2)18-10-13-36(14-11-18)19-6-9-24(26(15-19)38-3)32-27-16-25-23(33-34-27)5-4-12-37(25)17-20-21(29)7-8-22(31)28(20)30;1-33-11-13-34(14-12-33)28(37)20-6-4-19(5-7-20)15-27(36)25-17-26-24(31-32-25)3-2-10-35(26)18-21-16-22(29)8-9-23(21)30;1-17(21-14-18(26)7-8-22(21)27)32-9-3-6-23-24(32)16-25(30-29-23)28-19-4-2-5-20(15-19)31-10-12-33-13-11-31/h6-9,15-16,18H,4-5,10-14,17H2,1-3H3,(H,32,34);4-9,16-17H,2-3,10-15,18H2,1H3;2,4-5,7-8,14-17H,3,6,9-13H2,1H3,(H,28,30)/t;;17-/m..1/s1. The number of fused-ring (bicyclic) bond motifs is 3. The highest BCUT2D eigenvalue weighted by Crippen LogP contribution is 2.41. The van der Waals surface area contributed by atoms with Crippen LogP contribution in [0.4, 0.5) is 55.8 Å². The molecule has 9 aromatic rings. The number of ketones is 1. The van der Waals surface area contributed by atoms with Crippen molar-refractivity contribution < 1.29 is 23.5 Å². The van der Waals surface area contributed by atoms with Crippen molar-refractivity contribution in [3.05, 3.63) is 220 Å². The first-order valence-corrected chi connectivity index (χ1v) is 39.1. The van der Waals surface area contributed by atoms with Gasteiger partial charge in [-0.25, -0.2) is 4.39 Å². The number of hydrogen-bond donors (Lipinski definition) is 2. The minimum Gasteiger partial charge on any atom is -0.494 e. The number of morpholine rings is 1. The fraction of sp³-hybridized carbons (Fsp3) is 0.383. The van der Waals surface area contributed by atoms with Gasteiger partial charge in [-0.15, -0.1) is 15.3 Å². The highest BCUT2D eigenvalue weighted by Gasteiger charge is 2.30. The number of benzene rings is 6. The molecule has 1 atom stereocenters. The van der Waals surface area contributed by atoms with Gasteiger partial charge in [-0.05, 0) is 193 Å². The zero-order chi connectivity index (χ0) is 75.5. The van der Waals surface area contributed by atoms with E-state index in [-0.39, 0.29) is 29.2 Å². The number of aryl methyl sites for hydroxylation is 3. The van der Waals surface area contributed by atoms with Gasteiger partial charge in [-0.3, -0.25) is 9.59 Å². The topological polar surface area (TPSA) is 180 Å². The number of nitrogens with zero attached hydrogens (tertiary/aromatic N) is 14. The van der Waals surface area contributed by atoms with Crippen molar-refractivity contribution in [3.63, 3.8) is 0 Å². The van der Waals surface area contributed by atoms with Gasteiger partial charge in [0, 0.05) is 169 Å². The van der Waals surface area contributed by atoms with Crippen molar-refractivity contribution >= 4 is 133 Å². The van der Waals surface area contributed by atoms with E-state index in [9.17, 15) is 14.0 Å². The minimum absolute atomic E-state index is 0.0337. The second-order valence-electron chi connectivity index (χ2n) is 28.3. The molecule has 6 aliphatic heterocycles. The van der Waals surface area contributed by atoms with Crippen LogP contribution in [0.15, 0.2) is 133 Å². The summed E-state index contributed by atoms with van der Waals surface area (Å²) in [5, 5.41) is 36.6. The average Bonchev–Trinajstić information content (AvgIpc) is 0.795. The second-order valence-corrected chi connectivity index (χ2v) is 30.8. The minimum atomic E-state index is -0.476. The monoisotopic (exact) mass is 1580 g/mol. The van der Waals surface area contributed by atoms with Gasteiger partial charge in [0.1, 0.15) is 17.3 Å². The highest BCUT2D eigenvalue weighted by atomic mass is 35.5. The van der Waals surface area contributed by atoms with Crippen LogP contribution in [0.25, 0.3) is 0 Å². The smallest absolute Gasteiger partial charge is 0.253 e. The van der Waals surface area contributed by atoms with E-state index in [1.54, 1.807) is 37.4 Å². The number of carbonyl (C=O) groups excluding carboxylic acids is 2. The van der Waals surface area contributed by atoms with Crippen molar-refractivity contribution in [2.24, 2.45) is 0 Å². The largest absolute Gasteiger partial charge is 0.494 e. The van der Waals surface area contributed by atoms with E-state index in [0.29, 0.717) is 61.9 Å². The molecule has 27 heteroatoms. The molecule has 3 saturated heterocycles. The summed E-state index contributed by atoms with van der Waals surface area (Å²) >= 11 is 38.0. The quantitative estimate of drug-likeness (QED) is 0.0611. The molecule has 566 valence electrons. The third kappa shape index (κ3) is 19.1. The number of methoxy groups -OCH3 is 1. The van der Waals surface area contributed by atoms with E-state index in [2.05, 4.69) is 146 Å². The van der Waals surface area contributed by atoms with Crippen LogP contribution >= 0.6 is 69.6 Å². The van der Waals surface area contributed by atoms with Crippen molar-refractivity contribution in [2.75, 3.05) is 149 Å². The van der Waals surface area contributed by atoms with Gasteiger partial charge < -0.3 is 59.3 Å². The number of amides is 1. The van der Waals surface area contributed by atoms with Crippen LogP contribution in [-0.2, 0) is 43.5 Å². The molecule has 6 aromatic carbocycles. The lowest BCUT2D eigenvalue weighted by molar-refractivity contribution is 0.0664. The number of ether oxygens (including phenoxy) is 2. The molecule has 6 aliphatic rings. The third-order valence-corrected chi connectivity index (χ3v) is 22.9. The van der Waals surface area contributed by atoms with Crippen LogP contribution in [-0.4, -0.2) is 176 Å². The van der Waals surface area contributed by atoms with E-state index in [1.807, 2.05) is 59.5 Å². The Kier molecular flexibility index (Phi) is 25.9. The van der Waals surface area contributed by atoms with Gasteiger partial charge in [-0.2, -0.15) is 15.3 Å². The molecule has 0 spiro atoms. The molecule has 0 radical (unpaired) electrons. The fourth-order valence-electron chi connectivity index (χ4n) is 14.7. The van der Waals surface area contributed by atoms with Gasteiger partial charge in [0.2, 0.25) is 0 Å². The molecule has 3 fully saturated rings. The molecule has 3 aromatic heterocycles. The molecular formula is C81H89Cl6FN16O4. The molecule has 0 saturated carbocycles. The molecule has 9 heterocycles. The normalized spacial score (nSPS) is 16.3. The predicted molar refractivity (Wildman–Crippen MR) is 434 cm³/mol.